The molecule has 2 aromatic heterocycles. The number of ether oxygens (including phenoxy) is 2. The number of benzene rings is 1. The van der Waals surface area contributed by atoms with Crippen LogP contribution >= 0.6 is 0 Å². The van der Waals surface area contributed by atoms with Gasteiger partial charge in [-0.2, -0.15) is 0 Å². The Labute approximate surface area is 191 Å². The second kappa shape index (κ2) is 9.11. The molecule has 0 saturated carbocycles. The number of fused-ring (bicyclic) bond motifs is 3. The molecule has 172 valence electrons. The maximum Gasteiger partial charge on any atom is 0.269 e. The molecule has 33 heavy (non-hydrogen) atoms. The number of nitrogens with one attached hydrogen (secondary N) is 2. The second-order valence-corrected chi connectivity index (χ2v) is 8.62. The van der Waals surface area contributed by atoms with Crippen LogP contribution in [0.4, 0.5) is 0 Å². The highest BCUT2D eigenvalue weighted by Gasteiger charge is 2.28. The van der Waals surface area contributed by atoms with Crippen LogP contribution in [0.2, 0.25) is 0 Å². The summed E-state index contributed by atoms with van der Waals surface area (Å²) >= 11 is 0. The van der Waals surface area contributed by atoms with Gasteiger partial charge >= 0.3 is 0 Å². The van der Waals surface area contributed by atoms with Gasteiger partial charge in [-0.25, -0.2) is 0 Å². The second-order valence-electron chi connectivity index (χ2n) is 8.62. The number of hydrogen-bond acceptors (Lipinski definition) is 6. The number of primary amides is 1. The Hall–Kier alpha value is -3.59. The van der Waals surface area contributed by atoms with Crippen LogP contribution in [0.1, 0.15) is 33.8 Å². The van der Waals surface area contributed by atoms with Crippen molar-refractivity contribution in [1.29, 1.82) is 0 Å². The van der Waals surface area contributed by atoms with E-state index >= 15 is 0 Å². The van der Waals surface area contributed by atoms with Crippen LogP contribution in [-0.2, 0) is 0 Å². The van der Waals surface area contributed by atoms with E-state index in [-0.39, 0.29) is 12.0 Å². The number of amides is 2. The Morgan fingerprint density at radius 1 is 1.21 bits per heavy atom. The quantitative estimate of drug-likeness (QED) is 0.529. The van der Waals surface area contributed by atoms with Crippen molar-refractivity contribution >= 4 is 22.7 Å². The molecule has 5 rings (SSSR count). The van der Waals surface area contributed by atoms with E-state index in [4.69, 9.17) is 15.2 Å². The van der Waals surface area contributed by atoms with Gasteiger partial charge in [0.25, 0.3) is 11.8 Å². The maximum absolute atomic E-state index is 12.2. The molecule has 2 aliphatic rings. The number of carbonyl (C=O) groups excluding carboxylic acids is 2. The number of aromatic nitrogens is 2. The van der Waals surface area contributed by atoms with Crippen LogP contribution < -0.4 is 20.5 Å². The minimum absolute atomic E-state index is 0.101. The van der Waals surface area contributed by atoms with Gasteiger partial charge in [0, 0.05) is 24.7 Å². The molecule has 4 N–H and O–H groups in total. The topological polar surface area (TPSA) is 123 Å². The number of pyridine rings is 1. The van der Waals surface area contributed by atoms with Crippen LogP contribution in [0.5, 0.6) is 11.5 Å². The van der Waals surface area contributed by atoms with E-state index in [9.17, 15) is 9.59 Å². The van der Waals surface area contributed by atoms with Gasteiger partial charge in [0.1, 0.15) is 24.1 Å². The summed E-state index contributed by atoms with van der Waals surface area (Å²) in [5, 5.41) is 3.80. The number of aromatic amines is 1. The fourth-order valence-corrected chi connectivity index (χ4v) is 4.48. The highest BCUT2D eigenvalue weighted by molar-refractivity contribution is 5.99. The Morgan fingerprint density at radius 2 is 2.06 bits per heavy atom. The third kappa shape index (κ3) is 4.63. The predicted octanol–water partition coefficient (Wildman–Crippen LogP) is 1.94. The number of H-pyrrole nitrogens is 1. The number of nitrogens with zero attached hydrogens (tertiary/aromatic N) is 2. The molecule has 2 aliphatic heterocycles. The smallest absolute Gasteiger partial charge is 0.269 e. The first kappa shape index (κ1) is 21.3. The number of rotatable bonds is 6. The first-order chi connectivity index (χ1) is 16.1. The lowest BCUT2D eigenvalue weighted by Crippen LogP contribution is -2.45. The zero-order valence-electron chi connectivity index (χ0n) is 18.3. The van der Waals surface area contributed by atoms with Crippen molar-refractivity contribution in [2.24, 2.45) is 11.7 Å². The van der Waals surface area contributed by atoms with Crippen LogP contribution in [0.3, 0.4) is 0 Å². The van der Waals surface area contributed by atoms with Gasteiger partial charge in [0.2, 0.25) is 0 Å². The average molecular weight is 450 g/mol. The van der Waals surface area contributed by atoms with E-state index in [1.54, 1.807) is 24.4 Å². The molecule has 0 spiro atoms. The number of likely N-dealkylation sites (tertiary alicyclic amines) is 1. The van der Waals surface area contributed by atoms with E-state index in [0.717, 1.165) is 43.4 Å². The Kier molecular flexibility index (Phi) is 5.87. The van der Waals surface area contributed by atoms with Gasteiger partial charge in [0.15, 0.2) is 11.5 Å². The summed E-state index contributed by atoms with van der Waals surface area (Å²) in [7, 11) is 0. The largest absolute Gasteiger partial charge is 0.486 e. The Morgan fingerprint density at radius 3 is 2.82 bits per heavy atom. The van der Waals surface area contributed by atoms with E-state index in [1.807, 2.05) is 18.2 Å². The molecule has 3 aromatic rings. The van der Waals surface area contributed by atoms with E-state index in [0.29, 0.717) is 42.0 Å². The van der Waals surface area contributed by atoms with E-state index in [2.05, 4.69) is 20.2 Å². The summed E-state index contributed by atoms with van der Waals surface area (Å²) < 4.78 is 12.2. The first-order valence-corrected chi connectivity index (χ1v) is 11.2. The monoisotopic (exact) mass is 449 g/mol. The fourth-order valence-electron chi connectivity index (χ4n) is 4.48. The summed E-state index contributed by atoms with van der Waals surface area (Å²) in [6, 6.07) is 10.8. The number of carbonyl (C=O) groups is 2. The minimum atomic E-state index is -0.507. The molecule has 1 aromatic carbocycles. The molecule has 9 heteroatoms. The van der Waals surface area contributed by atoms with Gasteiger partial charge < -0.3 is 25.5 Å². The number of piperidine rings is 1. The van der Waals surface area contributed by atoms with Gasteiger partial charge in [-0.15, -0.1) is 0 Å². The summed E-state index contributed by atoms with van der Waals surface area (Å²) in [4.78, 5) is 33.2. The molecule has 1 unspecified atom stereocenters. The predicted molar refractivity (Wildman–Crippen MR) is 122 cm³/mol. The molecule has 0 radical (unpaired) electrons. The third-order valence-electron chi connectivity index (χ3n) is 6.31. The lowest BCUT2D eigenvalue weighted by molar-refractivity contribution is 0.0490. The standard InChI is InChI=1S/C24H27N5O4/c25-23(30)20-11-17-18(28-20)4-5-21-22(17)33-16(14-32-21)13-29-9-6-15(7-10-29)12-27-24(31)19-3-1-2-8-26-19/h1-5,8,11,15-16,28H,6-7,9-10,12-14H2,(H2,25,30)(H,27,31). The van der Waals surface area contributed by atoms with Crippen molar-refractivity contribution in [2.45, 2.75) is 18.9 Å². The lowest BCUT2D eigenvalue weighted by Gasteiger charge is -2.35. The molecule has 0 bridgehead atoms. The Balaban J connectivity index is 1.13. The summed E-state index contributed by atoms with van der Waals surface area (Å²) in [6.45, 7) is 3.78. The maximum atomic E-state index is 12.2. The van der Waals surface area contributed by atoms with Gasteiger partial charge in [-0.1, -0.05) is 6.07 Å². The van der Waals surface area contributed by atoms with Crippen molar-refractivity contribution in [3.8, 4) is 11.5 Å². The van der Waals surface area contributed by atoms with Crippen molar-refractivity contribution in [1.82, 2.24) is 20.2 Å². The van der Waals surface area contributed by atoms with E-state index in [1.165, 1.54) is 0 Å². The lowest BCUT2D eigenvalue weighted by atomic mass is 9.96. The van der Waals surface area contributed by atoms with E-state index < -0.39 is 5.91 Å². The average Bonchev–Trinajstić information content (AvgIpc) is 3.29. The summed E-state index contributed by atoms with van der Waals surface area (Å²) in [6.07, 6.45) is 3.55. The van der Waals surface area contributed by atoms with Crippen LogP contribution in [0.25, 0.3) is 10.9 Å². The van der Waals surface area contributed by atoms with Crippen LogP contribution in [0, 0.1) is 5.92 Å². The molecular formula is C24H27N5O4. The van der Waals surface area contributed by atoms with Gasteiger partial charge in [-0.3, -0.25) is 19.5 Å². The van der Waals surface area contributed by atoms with Crippen molar-refractivity contribution in [3.05, 3.63) is 54.0 Å². The fraction of sp³-hybridized carbons (Fsp3) is 0.375. The summed E-state index contributed by atoms with van der Waals surface area (Å²) in [5.41, 5.74) is 7.00. The molecule has 1 saturated heterocycles. The molecule has 1 fully saturated rings. The number of nitrogens with two attached hydrogens (primary N) is 1. The normalized spacial score (nSPS) is 18.8. The van der Waals surface area contributed by atoms with Crippen molar-refractivity contribution in [3.63, 3.8) is 0 Å². The first-order valence-electron chi connectivity index (χ1n) is 11.2. The van der Waals surface area contributed by atoms with Gasteiger partial charge in [-0.05, 0) is 62.2 Å². The third-order valence-corrected chi connectivity index (χ3v) is 6.31. The minimum Gasteiger partial charge on any atom is -0.486 e. The zero-order chi connectivity index (χ0) is 22.8. The molecule has 2 amide bonds. The molecular weight excluding hydrogens is 422 g/mol. The molecule has 4 heterocycles. The van der Waals surface area contributed by atoms with Gasteiger partial charge in [0.05, 0.1) is 5.52 Å². The molecule has 9 nitrogen and oxygen atoms in total. The SMILES string of the molecule is NC(=O)c1cc2c3c(ccc2[nH]1)OCC(CN1CCC(CNC(=O)c2ccccn2)CC1)O3. The molecule has 1 atom stereocenters. The highest BCUT2D eigenvalue weighted by atomic mass is 16.6. The van der Waals surface area contributed by atoms with Crippen LogP contribution in [-0.4, -0.2) is 65.6 Å². The highest BCUT2D eigenvalue weighted by Crippen LogP contribution is 2.39. The number of hydrogen-bond donors (Lipinski definition) is 3. The Bertz CT molecular complexity index is 1150. The van der Waals surface area contributed by atoms with Crippen molar-refractivity contribution < 1.29 is 19.1 Å². The van der Waals surface area contributed by atoms with Crippen molar-refractivity contribution in [2.75, 3.05) is 32.8 Å². The summed E-state index contributed by atoms with van der Waals surface area (Å²) in [5.74, 6) is 1.15. The molecule has 0 aliphatic carbocycles. The zero-order valence-corrected chi connectivity index (χ0v) is 18.3. The van der Waals surface area contributed by atoms with Crippen LogP contribution in [0.15, 0.2) is 42.6 Å².